The Bertz CT molecular complexity index is 325. The van der Waals surface area contributed by atoms with Crippen molar-refractivity contribution in [2.75, 3.05) is 0 Å². The van der Waals surface area contributed by atoms with Crippen molar-refractivity contribution >= 4 is 6.16 Å². The Balaban J connectivity index is 2.32. The maximum absolute atomic E-state index is 11.5. The molecule has 0 saturated carbocycles. The van der Waals surface area contributed by atoms with Crippen molar-refractivity contribution < 1.29 is 14.4 Å². The van der Waals surface area contributed by atoms with Gasteiger partial charge >= 0.3 is 6.16 Å². The summed E-state index contributed by atoms with van der Waals surface area (Å²) in [4.78, 5) is 20.2. The minimum absolute atomic E-state index is 0.0439. The largest absolute Gasteiger partial charge is 0.534 e. The zero-order chi connectivity index (χ0) is 13.2. The third-order valence-corrected chi connectivity index (χ3v) is 2.66. The summed E-state index contributed by atoms with van der Waals surface area (Å²) in [5.74, 6) is 0. The number of nitrogens with zero attached hydrogens (tertiary/aromatic N) is 2. The van der Waals surface area contributed by atoms with E-state index < -0.39 is 6.16 Å². The SMILES string of the molecule is CCCCCC(CCC)OC(=O)On1ccnc1. The summed E-state index contributed by atoms with van der Waals surface area (Å²) in [6, 6.07) is 0. The number of unbranched alkanes of at least 4 members (excludes halogenated alkanes) is 2. The normalized spacial score (nSPS) is 12.1. The summed E-state index contributed by atoms with van der Waals surface area (Å²) < 4.78 is 6.53. The van der Waals surface area contributed by atoms with E-state index in [1.165, 1.54) is 30.1 Å². The van der Waals surface area contributed by atoms with E-state index in [4.69, 9.17) is 9.57 Å². The molecular formula is C13H22N2O3. The number of carbonyl (C=O) groups excluding carboxylic acids is 1. The molecule has 0 bridgehead atoms. The van der Waals surface area contributed by atoms with Crippen LogP contribution in [0, 0.1) is 0 Å². The highest BCUT2D eigenvalue weighted by Crippen LogP contribution is 2.12. The van der Waals surface area contributed by atoms with E-state index in [2.05, 4.69) is 18.8 Å². The van der Waals surface area contributed by atoms with Crippen molar-refractivity contribution in [2.24, 2.45) is 0 Å². The van der Waals surface area contributed by atoms with E-state index >= 15 is 0 Å². The molecule has 18 heavy (non-hydrogen) atoms. The molecule has 0 aliphatic heterocycles. The Kier molecular flexibility index (Phi) is 6.91. The molecule has 1 heterocycles. The second kappa shape index (κ2) is 8.55. The number of hydrogen-bond acceptors (Lipinski definition) is 4. The number of rotatable bonds is 8. The van der Waals surface area contributed by atoms with Gasteiger partial charge in [0.25, 0.3) is 0 Å². The average Bonchev–Trinajstić information content (AvgIpc) is 2.82. The van der Waals surface area contributed by atoms with Crippen LogP contribution in [0.2, 0.25) is 0 Å². The predicted octanol–water partition coefficient (Wildman–Crippen LogP) is 3.20. The smallest absolute Gasteiger partial charge is 0.429 e. The van der Waals surface area contributed by atoms with Gasteiger partial charge in [0.1, 0.15) is 12.4 Å². The summed E-state index contributed by atoms with van der Waals surface area (Å²) in [7, 11) is 0. The van der Waals surface area contributed by atoms with E-state index in [0.717, 1.165) is 25.7 Å². The van der Waals surface area contributed by atoms with Crippen molar-refractivity contribution in [2.45, 2.75) is 58.5 Å². The Morgan fingerprint density at radius 2 is 2.11 bits per heavy atom. The molecule has 0 amide bonds. The molecule has 1 atom stereocenters. The van der Waals surface area contributed by atoms with Crippen molar-refractivity contribution in [1.82, 2.24) is 9.71 Å². The van der Waals surface area contributed by atoms with Crippen molar-refractivity contribution in [3.63, 3.8) is 0 Å². The lowest BCUT2D eigenvalue weighted by atomic mass is 10.1. The zero-order valence-electron chi connectivity index (χ0n) is 11.2. The fraction of sp³-hybridized carbons (Fsp3) is 0.692. The molecule has 0 aliphatic rings. The van der Waals surface area contributed by atoms with Crippen LogP contribution in [-0.4, -0.2) is 22.0 Å². The Hall–Kier alpha value is -1.52. The fourth-order valence-corrected chi connectivity index (χ4v) is 1.75. The van der Waals surface area contributed by atoms with Crippen LogP contribution in [0.5, 0.6) is 0 Å². The van der Waals surface area contributed by atoms with Gasteiger partial charge in [-0.05, 0) is 19.3 Å². The van der Waals surface area contributed by atoms with Crippen molar-refractivity contribution in [3.05, 3.63) is 18.7 Å². The second-order valence-corrected chi connectivity index (χ2v) is 4.29. The number of imidazole rings is 1. The summed E-state index contributed by atoms with van der Waals surface area (Å²) in [5, 5.41) is 0. The number of hydrogen-bond donors (Lipinski definition) is 0. The van der Waals surface area contributed by atoms with Crippen LogP contribution < -0.4 is 4.84 Å². The zero-order valence-corrected chi connectivity index (χ0v) is 11.2. The molecule has 0 aliphatic carbocycles. The first-order chi connectivity index (χ1) is 8.76. The van der Waals surface area contributed by atoms with Crippen LogP contribution in [-0.2, 0) is 4.74 Å². The van der Waals surface area contributed by atoms with Gasteiger partial charge in [0.05, 0.1) is 6.20 Å². The van der Waals surface area contributed by atoms with Crippen LogP contribution in [0.3, 0.4) is 0 Å². The Morgan fingerprint density at radius 3 is 2.72 bits per heavy atom. The molecule has 1 rings (SSSR count). The molecule has 1 aromatic rings. The summed E-state index contributed by atoms with van der Waals surface area (Å²) in [5.41, 5.74) is 0. The summed E-state index contributed by atoms with van der Waals surface area (Å²) >= 11 is 0. The van der Waals surface area contributed by atoms with Crippen LogP contribution >= 0.6 is 0 Å². The maximum atomic E-state index is 11.5. The number of carbonyl (C=O) groups is 1. The van der Waals surface area contributed by atoms with E-state index in [1.54, 1.807) is 6.20 Å². The minimum atomic E-state index is -0.664. The first kappa shape index (κ1) is 14.5. The minimum Gasteiger partial charge on any atom is -0.429 e. The lowest BCUT2D eigenvalue weighted by Crippen LogP contribution is -2.25. The molecular weight excluding hydrogens is 232 g/mol. The molecule has 0 saturated heterocycles. The third-order valence-electron chi connectivity index (χ3n) is 2.66. The van der Waals surface area contributed by atoms with Gasteiger partial charge < -0.3 is 9.57 Å². The van der Waals surface area contributed by atoms with Gasteiger partial charge in [0.15, 0.2) is 0 Å². The first-order valence-corrected chi connectivity index (χ1v) is 6.63. The molecule has 0 fully saturated rings. The topological polar surface area (TPSA) is 53.4 Å². The molecule has 1 aromatic heterocycles. The standard InChI is InChI=1S/C13H22N2O3/c1-3-5-6-8-12(7-4-2)17-13(16)18-15-10-9-14-11-15/h9-12H,3-8H2,1-2H3. The molecule has 0 radical (unpaired) electrons. The highest BCUT2D eigenvalue weighted by molar-refractivity contribution is 5.60. The van der Waals surface area contributed by atoms with Crippen molar-refractivity contribution in [1.29, 1.82) is 0 Å². The molecule has 102 valence electrons. The number of aromatic nitrogens is 2. The average molecular weight is 254 g/mol. The monoisotopic (exact) mass is 254 g/mol. The molecule has 0 N–H and O–H groups in total. The lowest BCUT2D eigenvalue weighted by molar-refractivity contribution is 0.0119. The molecule has 0 spiro atoms. The third kappa shape index (κ3) is 5.70. The summed E-state index contributed by atoms with van der Waals surface area (Å²) in [6.45, 7) is 4.24. The van der Waals surface area contributed by atoms with Gasteiger partial charge in [0, 0.05) is 6.20 Å². The van der Waals surface area contributed by atoms with Crippen LogP contribution in [0.4, 0.5) is 4.79 Å². The second-order valence-electron chi connectivity index (χ2n) is 4.29. The lowest BCUT2D eigenvalue weighted by Gasteiger charge is -2.16. The molecule has 0 aromatic carbocycles. The van der Waals surface area contributed by atoms with Crippen molar-refractivity contribution in [3.8, 4) is 0 Å². The molecule has 1 unspecified atom stereocenters. The number of ether oxygens (including phenoxy) is 1. The van der Waals surface area contributed by atoms with E-state index in [1.807, 2.05) is 0 Å². The van der Waals surface area contributed by atoms with Gasteiger partial charge in [-0.3, -0.25) is 0 Å². The van der Waals surface area contributed by atoms with E-state index in [0.29, 0.717) is 0 Å². The Morgan fingerprint density at radius 1 is 1.28 bits per heavy atom. The predicted molar refractivity (Wildman–Crippen MR) is 68.1 cm³/mol. The Labute approximate surface area is 108 Å². The molecule has 5 heteroatoms. The maximum Gasteiger partial charge on any atom is 0.534 e. The highest BCUT2D eigenvalue weighted by atomic mass is 16.8. The van der Waals surface area contributed by atoms with Gasteiger partial charge in [0.2, 0.25) is 0 Å². The summed E-state index contributed by atoms with van der Waals surface area (Å²) in [6.07, 6.45) is 9.98. The highest BCUT2D eigenvalue weighted by Gasteiger charge is 2.15. The van der Waals surface area contributed by atoms with Gasteiger partial charge in [-0.2, -0.15) is 4.73 Å². The van der Waals surface area contributed by atoms with Crippen LogP contribution in [0.15, 0.2) is 18.7 Å². The van der Waals surface area contributed by atoms with Gasteiger partial charge in [-0.15, -0.1) is 0 Å². The van der Waals surface area contributed by atoms with E-state index in [9.17, 15) is 4.79 Å². The fourth-order valence-electron chi connectivity index (χ4n) is 1.75. The van der Waals surface area contributed by atoms with Crippen LogP contribution in [0.25, 0.3) is 0 Å². The van der Waals surface area contributed by atoms with E-state index in [-0.39, 0.29) is 6.10 Å². The quantitative estimate of drug-likeness (QED) is 0.528. The van der Waals surface area contributed by atoms with Crippen LogP contribution in [0.1, 0.15) is 52.4 Å². The van der Waals surface area contributed by atoms with Gasteiger partial charge in [-0.1, -0.05) is 33.1 Å². The first-order valence-electron chi connectivity index (χ1n) is 6.63. The van der Waals surface area contributed by atoms with Gasteiger partial charge in [-0.25, -0.2) is 9.78 Å². The molecule has 5 nitrogen and oxygen atoms in total.